The molecule has 0 heterocycles. The Kier molecular flexibility index (Phi) is 4.54. The molecule has 98 valence electrons. The van der Waals surface area contributed by atoms with Gasteiger partial charge in [-0.3, -0.25) is 4.79 Å². The van der Waals surface area contributed by atoms with Gasteiger partial charge in [-0.05, 0) is 29.8 Å². The second-order valence-corrected chi connectivity index (χ2v) is 4.41. The van der Waals surface area contributed by atoms with Crippen molar-refractivity contribution in [3.63, 3.8) is 0 Å². The highest BCUT2D eigenvalue weighted by Gasteiger charge is 2.02. The van der Waals surface area contributed by atoms with Crippen LogP contribution in [0.25, 0.3) is 6.08 Å². The molecule has 0 fully saturated rings. The summed E-state index contributed by atoms with van der Waals surface area (Å²) < 4.78 is 0. The molecule has 0 aliphatic heterocycles. The number of anilines is 1. The van der Waals surface area contributed by atoms with Crippen LogP contribution >= 0.6 is 11.6 Å². The van der Waals surface area contributed by atoms with E-state index in [-0.39, 0.29) is 5.91 Å². The van der Waals surface area contributed by atoms with Crippen LogP contribution in [0.3, 0.4) is 0 Å². The molecule has 0 aliphatic carbocycles. The molecule has 1 N–H and O–H groups in total. The van der Waals surface area contributed by atoms with Gasteiger partial charge in [0.25, 0.3) is 0 Å². The molecule has 0 saturated heterocycles. The van der Waals surface area contributed by atoms with Crippen LogP contribution in [0, 0.1) is 11.3 Å². The summed E-state index contributed by atoms with van der Waals surface area (Å²) >= 11 is 5.95. The second-order valence-electron chi connectivity index (χ2n) is 4.00. The number of hydrogen-bond acceptors (Lipinski definition) is 2. The van der Waals surface area contributed by atoms with Crippen molar-refractivity contribution in [2.24, 2.45) is 0 Å². The topological polar surface area (TPSA) is 52.9 Å². The normalized spacial score (nSPS) is 10.2. The van der Waals surface area contributed by atoms with Crippen molar-refractivity contribution in [1.29, 1.82) is 5.26 Å². The van der Waals surface area contributed by atoms with E-state index >= 15 is 0 Å². The van der Waals surface area contributed by atoms with Gasteiger partial charge >= 0.3 is 0 Å². The molecule has 0 bridgehead atoms. The van der Waals surface area contributed by atoms with Gasteiger partial charge in [0.15, 0.2) is 0 Å². The molecule has 1 amide bonds. The van der Waals surface area contributed by atoms with Crippen LogP contribution in [-0.2, 0) is 4.79 Å². The van der Waals surface area contributed by atoms with Crippen LogP contribution in [0.4, 0.5) is 5.69 Å². The zero-order chi connectivity index (χ0) is 14.4. The lowest BCUT2D eigenvalue weighted by Crippen LogP contribution is -2.08. The van der Waals surface area contributed by atoms with Crippen LogP contribution in [0.5, 0.6) is 0 Å². The van der Waals surface area contributed by atoms with Gasteiger partial charge in [-0.1, -0.05) is 41.9 Å². The lowest BCUT2D eigenvalue weighted by atomic mass is 10.1. The maximum atomic E-state index is 11.8. The number of nitrogens with zero attached hydrogens (tertiary/aromatic N) is 1. The Morgan fingerprint density at radius 1 is 1.15 bits per heavy atom. The fourth-order valence-corrected chi connectivity index (χ4v) is 1.83. The maximum Gasteiger partial charge on any atom is 0.248 e. The van der Waals surface area contributed by atoms with Crippen LogP contribution in [0.2, 0.25) is 5.02 Å². The monoisotopic (exact) mass is 282 g/mol. The number of benzene rings is 2. The summed E-state index contributed by atoms with van der Waals surface area (Å²) in [4.78, 5) is 11.8. The van der Waals surface area contributed by atoms with Crippen molar-refractivity contribution in [2.45, 2.75) is 0 Å². The van der Waals surface area contributed by atoms with E-state index in [1.807, 2.05) is 6.07 Å². The third-order valence-electron chi connectivity index (χ3n) is 2.63. The maximum absolute atomic E-state index is 11.8. The Morgan fingerprint density at radius 3 is 2.60 bits per heavy atom. The minimum absolute atomic E-state index is 0.300. The molecule has 0 aromatic heterocycles. The zero-order valence-electron chi connectivity index (χ0n) is 10.5. The molecule has 3 nitrogen and oxygen atoms in total. The summed E-state index contributed by atoms with van der Waals surface area (Å²) in [7, 11) is 0. The quantitative estimate of drug-likeness (QED) is 0.869. The fraction of sp³-hybridized carbons (Fsp3) is 0. The summed E-state index contributed by atoms with van der Waals surface area (Å²) in [5, 5.41) is 12.1. The smallest absolute Gasteiger partial charge is 0.248 e. The number of nitriles is 1. The van der Waals surface area contributed by atoms with E-state index in [0.717, 1.165) is 0 Å². The van der Waals surface area contributed by atoms with Gasteiger partial charge < -0.3 is 5.32 Å². The largest absolute Gasteiger partial charge is 0.321 e. The van der Waals surface area contributed by atoms with Gasteiger partial charge in [0.2, 0.25) is 5.91 Å². The molecular formula is C16H11ClN2O. The Bertz CT molecular complexity index is 702. The number of nitrogens with one attached hydrogen (secondary N) is 1. The molecule has 0 aliphatic rings. The van der Waals surface area contributed by atoms with Crippen LogP contribution in [0.15, 0.2) is 54.6 Å². The number of para-hydroxylation sites is 1. The standard InChI is InChI=1S/C16H11ClN2O/c17-14-7-3-4-8-15(14)19-16(20)10-9-12-5-1-2-6-13(12)11-18/h1-10H,(H,19,20)/b10-9+. The molecule has 0 spiro atoms. The summed E-state index contributed by atoms with van der Waals surface area (Å²) in [6, 6.07) is 16.1. The number of carbonyl (C=O) groups excluding carboxylic acids is 1. The Balaban J connectivity index is 2.11. The SMILES string of the molecule is N#Cc1ccccc1/C=C/C(=O)Nc1ccccc1Cl. The third kappa shape index (κ3) is 3.47. The molecule has 0 atom stereocenters. The van der Waals surface area contributed by atoms with Crippen molar-refractivity contribution in [2.75, 3.05) is 5.32 Å². The van der Waals surface area contributed by atoms with Gasteiger partial charge in [0.1, 0.15) is 0 Å². The number of rotatable bonds is 3. The lowest BCUT2D eigenvalue weighted by molar-refractivity contribution is -0.111. The Hall–Kier alpha value is -2.57. The minimum Gasteiger partial charge on any atom is -0.321 e. The molecule has 0 saturated carbocycles. The number of amides is 1. The highest BCUT2D eigenvalue weighted by Crippen LogP contribution is 2.20. The number of carbonyl (C=O) groups is 1. The van der Waals surface area contributed by atoms with E-state index < -0.39 is 0 Å². The Morgan fingerprint density at radius 2 is 1.85 bits per heavy atom. The predicted molar refractivity (Wildman–Crippen MR) is 80.3 cm³/mol. The van der Waals surface area contributed by atoms with E-state index in [0.29, 0.717) is 21.8 Å². The van der Waals surface area contributed by atoms with E-state index in [1.165, 1.54) is 6.08 Å². The fourth-order valence-electron chi connectivity index (χ4n) is 1.65. The molecule has 2 aromatic rings. The van der Waals surface area contributed by atoms with Crippen molar-refractivity contribution >= 4 is 29.3 Å². The molecule has 2 aromatic carbocycles. The number of halogens is 1. The van der Waals surface area contributed by atoms with E-state index in [1.54, 1.807) is 48.5 Å². The first-order valence-electron chi connectivity index (χ1n) is 5.93. The molecule has 2 rings (SSSR count). The zero-order valence-corrected chi connectivity index (χ0v) is 11.3. The minimum atomic E-state index is -0.300. The van der Waals surface area contributed by atoms with E-state index in [2.05, 4.69) is 11.4 Å². The van der Waals surface area contributed by atoms with Crippen LogP contribution < -0.4 is 5.32 Å². The highest BCUT2D eigenvalue weighted by atomic mass is 35.5. The molecule has 0 unspecified atom stereocenters. The van der Waals surface area contributed by atoms with Crippen LogP contribution in [-0.4, -0.2) is 5.91 Å². The summed E-state index contributed by atoms with van der Waals surface area (Å²) in [6.45, 7) is 0. The van der Waals surface area contributed by atoms with E-state index in [9.17, 15) is 4.79 Å². The van der Waals surface area contributed by atoms with Gasteiger partial charge in [0.05, 0.1) is 22.3 Å². The van der Waals surface area contributed by atoms with Gasteiger partial charge in [-0.25, -0.2) is 0 Å². The highest BCUT2D eigenvalue weighted by molar-refractivity contribution is 6.33. The molecule has 4 heteroatoms. The van der Waals surface area contributed by atoms with Gasteiger partial charge in [-0.2, -0.15) is 5.26 Å². The van der Waals surface area contributed by atoms with Crippen molar-refractivity contribution in [1.82, 2.24) is 0 Å². The second kappa shape index (κ2) is 6.55. The van der Waals surface area contributed by atoms with Gasteiger partial charge in [0, 0.05) is 6.08 Å². The lowest BCUT2D eigenvalue weighted by Gasteiger charge is -2.03. The summed E-state index contributed by atoms with van der Waals surface area (Å²) in [6.07, 6.45) is 2.98. The van der Waals surface area contributed by atoms with Crippen molar-refractivity contribution in [3.8, 4) is 6.07 Å². The van der Waals surface area contributed by atoms with Crippen molar-refractivity contribution < 1.29 is 4.79 Å². The first-order valence-corrected chi connectivity index (χ1v) is 6.31. The average Bonchev–Trinajstić information content (AvgIpc) is 2.48. The summed E-state index contributed by atoms with van der Waals surface area (Å²) in [5.41, 5.74) is 1.77. The molecule has 20 heavy (non-hydrogen) atoms. The molecular weight excluding hydrogens is 272 g/mol. The van der Waals surface area contributed by atoms with Crippen LogP contribution in [0.1, 0.15) is 11.1 Å². The predicted octanol–water partition coefficient (Wildman–Crippen LogP) is 3.86. The summed E-state index contributed by atoms with van der Waals surface area (Å²) in [5.74, 6) is -0.300. The average molecular weight is 283 g/mol. The first kappa shape index (κ1) is 13.9. The van der Waals surface area contributed by atoms with Gasteiger partial charge in [-0.15, -0.1) is 0 Å². The Labute approximate surface area is 122 Å². The first-order chi connectivity index (χ1) is 9.70. The third-order valence-corrected chi connectivity index (χ3v) is 2.96. The van der Waals surface area contributed by atoms with Crippen molar-refractivity contribution in [3.05, 3.63) is 70.8 Å². The molecule has 0 radical (unpaired) electrons. The van der Waals surface area contributed by atoms with E-state index in [4.69, 9.17) is 16.9 Å². The number of hydrogen-bond donors (Lipinski definition) is 1.